The fraction of sp³-hybridized carbons (Fsp3) is 0.333. The first kappa shape index (κ1) is 14.4. The summed E-state index contributed by atoms with van der Waals surface area (Å²) in [7, 11) is 0. The van der Waals surface area contributed by atoms with Crippen molar-refractivity contribution in [1.82, 2.24) is 9.78 Å². The Balaban J connectivity index is 2.14. The summed E-state index contributed by atoms with van der Waals surface area (Å²) in [5, 5.41) is 5.32. The van der Waals surface area contributed by atoms with Gasteiger partial charge in [0.2, 0.25) is 0 Å². The monoisotopic (exact) mass is 324 g/mol. The quantitative estimate of drug-likeness (QED) is 0.790. The smallest absolute Gasteiger partial charge is 0.341 e. The molecule has 0 saturated heterocycles. The highest BCUT2D eigenvalue weighted by Crippen LogP contribution is 2.44. The van der Waals surface area contributed by atoms with Crippen molar-refractivity contribution in [2.45, 2.75) is 25.7 Å². The summed E-state index contributed by atoms with van der Waals surface area (Å²) in [5.74, 6) is -0.0481. The van der Waals surface area contributed by atoms with Gasteiger partial charge in [0.1, 0.15) is 11.3 Å². The molecule has 1 aliphatic rings. The number of halogens is 2. The Hall–Kier alpha value is -1.52. The molecule has 1 fully saturated rings. The minimum absolute atomic E-state index is 0.305. The third kappa shape index (κ3) is 2.65. The first-order chi connectivity index (χ1) is 10.1. The van der Waals surface area contributed by atoms with Gasteiger partial charge in [-0.2, -0.15) is 5.10 Å². The van der Waals surface area contributed by atoms with Crippen LogP contribution >= 0.6 is 23.2 Å². The fourth-order valence-corrected chi connectivity index (χ4v) is 2.90. The van der Waals surface area contributed by atoms with E-state index in [2.05, 4.69) is 5.10 Å². The molecule has 0 amide bonds. The lowest BCUT2D eigenvalue weighted by atomic mass is 10.1. The van der Waals surface area contributed by atoms with Crippen molar-refractivity contribution < 1.29 is 9.53 Å². The van der Waals surface area contributed by atoms with E-state index in [4.69, 9.17) is 27.9 Å². The Morgan fingerprint density at radius 1 is 1.38 bits per heavy atom. The van der Waals surface area contributed by atoms with Crippen LogP contribution in [0, 0.1) is 0 Å². The molecule has 1 saturated carbocycles. The van der Waals surface area contributed by atoms with Gasteiger partial charge in [-0.15, -0.1) is 0 Å². The van der Waals surface area contributed by atoms with Crippen molar-refractivity contribution in [3.63, 3.8) is 0 Å². The van der Waals surface area contributed by atoms with Gasteiger partial charge in [0, 0.05) is 5.92 Å². The molecular formula is C15H14Cl2N2O2. The summed E-state index contributed by atoms with van der Waals surface area (Å²) in [6, 6.07) is 5.29. The number of aromatic nitrogens is 2. The Kier molecular flexibility index (Phi) is 3.91. The zero-order chi connectivity index (χ0) is 15.0. The van der Waals surface area contributed by atoms with E-state index in [9.17, 15) is 4.79 Å². The molecule has 1 aromatic carbocycles. The number of benzene rings is 1. The summed E-state index contributed by atoms with van der Waals surface area (Å²) >= 11 is 12.5. The molecule has 1 heterocycles. The van der Waals surface area contributed by atoms with Crippen LogP contribution in [0.2, 0.25) is 10.0 Å². The van der Waals surface area contributed by atoms with Gasteiger partial charge in [0.15, 0.2) is 0 Å². The number of para-hydroxylation sites is 1. The lowest BCUT2D eigenvalue weighted by Crippen LogP contribution is -2.09. The minimum atomic E-state index is -0.353. The van der Waals surface area contributed by atoms with Gasteiger partial charge in [-0.25, -0.2) is 9.48 Å². The SMILES string of the molecule is CCOC(=O)c1cnn(-c2c(Cl)cccc2Cl)c1C1CC1. The zero-order valence-electron chi connectivity index (χ0n) is 11.5. The van der Waals surface area contributed by atoms with E-state index in [1.54, 1.807) is 29.8 Å². The molecule has 110 valence electrons. The van der Waals surface area contributed by atoms with Crippen molar-refractivity contribution in [1.29, 1.82) is 0 Å². The van der Waals surface area contributed by atoms with Crippen LogP contribution in [-0.2, 0) is 4.74 Å². The molecule has 0 bridgehead atoms. The molecular weight excluding hydrogens is 311 g/mol. The van der Waals surface area contributed by atoms with Gasteiger partial charge in [0.25, 0.3) is 0 Å². The van der Waals surface area contributed by atoms with E-state index >= 15 is 0 Å². The molecule has 6 heteroatoms. The third-order valence-corrected chi connectivity index (χ3v) is 4.03. The molecule has 4 nitrogen and oxygen atoms in total. The maximum absolute atomic E-state index is 12.1. The number of ether oxygens (including phenoxy) is 1. The second-order valence-corrected chi connectivity index (χ2v) is 5.73. The van der Waals surface area contributed by atoms with Crippen LogP contribution in [-0.4, -0.2) is 22.4 Å². The topological polar surface area (TPSA) is 44.1 Å². The van der Waals surface area contributed by atoms with E-state index in [-0.39, 0.29) is 5.97 Å². The molecule has 21 heavy (non-hydrogen) atoms. The van der Waals surface area contributed by atoms with Crippen LogP contribution in [0.1, 0.15) is 41.7 Å². The van der Waals surface area contributed by atoms with Crippen LogP contribution in [0.5, 0.6) is 0 Å². The molecule has 0 N–H and O–H groups in total. The van der Waals surface area contributed by atoms with Crippen molar-refractivity contribution in [2.75, 3.05) is 6.61 Å². The van der Waals surface area contributed by atoms with Crippen LogP contribution in [0.3, 0.4) is 0 Å². The summed E-state index contributed by atoms with van der Waals surface area (Å²) in [6.45, 7) is 2.12. The van der Waals surface area contributed by atoms with Gasteiger partial charge in [0.05, 0.1) is 28.5 Å². The highest BCUT2D eigenvalue weighted by molar-refractivity contribution is 6.37. The maximum atomic E-state index is 12.1. The summed E-state index contributed by atoms with van der Waals surface area (Å²) in [4.78, 5) is 12.1. The third-order valence-electron chi connectivity index (χ3n) is 3.42. The number of carbonyl (C=O) groups is 1. The number of hydrogen-bond donors (Lipinski definition) is 0. The fourth-order valence-electron chi connectivity index (χ4n) is 2.34. The average Bonchev–Trinajstić information content (AvgIpc) is 3.19. The Morgan fingerprint density at radius 2 is 2.05 bits per heavy atom. The molecule has 0 spiro atoms. The molecule has 1 aliphatic carbocycles. The summed E-state index contributed by atoms with van der Waals surface area (Å²) in [6.07, 6.45) is 3.59. The average molecular weight is 325 g/mol. The van der Waals surface area contributed by atoms with Crippen molar-refractivity contribution in [3.8, 4) is 5.69 Å². The van der Waals surface area contributed by atoms with Gasteiger partial charge in [-0.1, -0.05) is 29.3 Å². The highest BCUT2D eigenvalue weighted by Gasteiger charge is 2.34. The first-order valence-corrected chi connectivity index (χ1v) is 7.58. The Labute approximate surface area is 132 Å². The zero-order valence-corrected chi connectivity index (χ0v) is 13.0. The van der Waals surface area contributed by atoms with E-state index < -0.39 is 0 Å². The predicted molar refractivity (Wildman–Crippen MR) is 81.5 cm³/mol. The molecule has 0 aliphatic heterocycles. The standard InChI is InChI=1S/C15H14Cl2N2O2/c1-2-21-15(20)10-8-18-19(13(10)9-6-7-9)14-11(16)4-3-5-12(14)17/h3-5,8-9H,2,6-7H2,1H3. The molecule has 3 rings (SSSR count). The molecule has 1 aromatic heterocycles. The van der Waals surface area contributed by atoms with Crippen molar-refractivity contribution in [2.24, 2.45) is 0 Å². The van der Waals surface area contributed by atoms with Crippen LogP contribution < -0.4 is 0 Å². The molecule has 0 unspecified atom stereocenters. The molecule has 0 radical (unpaired) electrons. The molecule has 0 atom stereocenters. The highest BCUT2D eigenvalue weighted by atomic mass is 35.5. The number of esters is 1. The second kappa shape index (κ2) is 5.70. The number of carbonyl (C=O) groups excluding carboxylic acids is 1. The Bertz CT molecular complexity index is 673. The number of nitrogens with zero attached hydrogens (tertiary/aromatic N) is 2. The van der Waals surface area contributed by atoms with Gasteiger partial charge >= 0.3 is 5.97 Å². The van der Waals surface area contributed by atoms with E-state index in [0.29, 0.717) is 33.8 Å². The normalized spacial score (nSPS) is 14.2. The lowest BCUT2D eigenvalue weighted by Gasteiger charge is -2.11. The van der Waals surface area contributed by atoms with Gasteiger partial charge in [-0.05, 0) is 31.9 Å². The van der Waals surface area contributed by atoms with Gasteiger partial charge < -0.3 is 4.74 Å². The van der Waals surface area contributed by atoms with Crippen LogP contribution in [0.15, 0.2) is 24.4 Å². The number of rotatable bonds is 4. The minimum Gasteiger partial charge on any atom is -0.462 e. The van der Waals surface area contributed by atoms with E-state index in [1.807, 2.05) is 0 Å². The van der Waals surface area contributed by atoms with Crippen LogP contribution in [0.4, 0.5) is 0 Å². The maximum Gasteiger partial charge on any atom is 0.341 e. The molecule has 2 aromatic rings. The van der Waals surface area contributed by atoms with Crippen molar-refractivity contribution in [3.05, 3.63) is 45.7 Å². The van der Waals surface area contributed by atoms with Crippen molar-refractivity contribution >= 4 is 29.2 Å². The Morgan fingerprint density at radius 3 is 2.62 bits per heavy atom. The van der Waals surface area contributed by atoms with Gasteiger partial charge in [-0.3, -0.25) is 0 Å². The van der Waals surface area contributed by atoms with E-state index in [1.165, 1.54) is 6.20 Å². The summed E-state index contributed by atoms with van der Waals surface area (Å²) < 4.78 is 6.77. The number of hydrogen-bond acceptors (Lipinski definition) is 3. The largest absolute Gasteiger partial charge is 0.462 e. The first-order valence-electron chi connectivity index (χ1n) is 6.83. The second-order valence-electron chi connectivity index (χ2n) is 4.92. The lowest BCUT2D eigenvalue weighted by molar-refractivity contribution is 0.0525. The predicted octanol–water partition coefficient (Wildman–Crippen LogP) is 4.23. The summed E-state index contributed by atoms with van der Waals surface area (Å²) in [5.41, 5.74) is 1.94. The van der Waals surface area contributed by atoms with E-state index in [0.717, 1.165) is 18.5 Å². The van der Waals surface area contributed by atoms with Crippen LogP contribution in [0.25, 0.3) is 5.69 Å².